The zero-order valence-corrected chi connectivity index (χ0v) is 12.9. The molecule has 0 bridgehead atoms. The first-order chi connectivity index (χ1) is 9.77. The monoisotopic (exact) mass is 374 g/mol. The van der Waals surface area contributed by atoms with Crippen LogP contribution in [0.4, 0.5) is 24.5 Å². The maximum absolute atomic E-state index is 12.7. The largest absolute Gasteiger partial charge is 0.416 e. The molecule has 2 aromatic carbocycles. The SMILES string of the molecule is NC(=S)c1ccc(Nc2cccc(C(F)(F)F)c2)c(Br)c1. The van der Waals surface area contributed by atoms with Crippen molar-refractivity contribution in [3.05, 3.63) is 58.1 Å². The predicted molar refractivity (Wildman–Crippen MR) is 84.8 cm³/mol. The molecule has 0 amide bonds. The van der Waals surface area contributed by atoms with E-state index in [1.165, 1.54) is 6.07 Å². The van der Waals surface area contributed by atoms with Crippen molar-refractivity contribution in [1.82, 2.24) is 0 Å². The van der Waals surface area contributed by atoms with Gasteiger partial charge in [-0.15, -0.1) is 0 Å². The molecule has 0 fully saturated rings. The van der Waals surface area contributed by atoms with Gasteiger partial charge in [0.25, 0.3) is 0 Å². The van der Waals surface area contributed by atoms with Crippen LogP contribution in [0.2, 0.25) is 0 Å². The van der Waals surface area contributed by atoms with Crippen molar-refractivity contribution in [3.63, 3.8) is 0 Å². The number of rotatable bonds is 3. The average molecular weight is 375 g/mol. The quantitative estimate of drug-likeness (QED) is 0.754. The van der Waals surface area contributed by atoms with Gasteiger partial charge in [-0.25, -0.2) is 0 Å². The van der Waals surface area contributed by atoms with Crippen LogP contribution >= 0.6 is 28.1 Å². The molecule has 0 aromatic heterocycles. The van der Waals surface area contributed by atoms with Gasteiger partial charge in [-0.2, -0.15) is 13.2 Å². The lowest BCUT2D eigenvalue weighted by Crippen LogP contribution is -2.09. The number of alkyl halides is 3. The third-order valence-corrected chi connectivity index (χ3v) is 3.61. The third kappa shape index (κ3) is 3.95. The summed E-state index contributed by atoms with van der Waals surface area (Å²) in [7, 11) is 0. The van der Waals surface area contributed by atoms with Gasteiger partial charge in [-0.05, 0) is 52.3 Å². The van der Waals surface area contributed by atoms with Crippen LogP contribution in [0.5, 0.6) is 0 Å². The van der Waals surface area contributed by atoms with Crippen molar-refractivity contribution >= 4 is 44.5 Å². The molecule has 0 unspecified atom stereocenters. The molecule has 0 heterocycles. The van der Waals surface area contributed by atoms with Crippen LogP contribution in [0.25, 0.3) is 0 Å². The summed E-state index contributed by atoms with van der Waals surface area (Å²) in [5, 5.41) is 2.92. The van der Waals surface area contributed by atoms with Crippen LogP contribution < -0.4 is 11.1 Å². The zero-order chi connectivity index (χ0) is 15.6. The Hall–Kier alpha value is -1.60. The number of halogens is 4. The van der Waals surface area contributed by atoms with Crippen molar-refractivity contribution in [2.45, 2.75) is 6.18 Å². The summed E-state index contributed by atoms with van der Waals surface area (Å²) in [6.07, 6.45) is -4.37. The predicted octanol–water partition coefficient (Wildman–Crippen LogP) is 4.85. The Bertz CT molecular complexity index is 686. The molecule has 0 saturated carbocycles. The first-order valence-corrected chi connectivity index (χ1v) is 7.01. The Balaban J connectivity index is 2.28. The number of hydrogen-bond acceptors (Lipinski definition) is 2. The Kier molecular flexibility index (Phi) is 4.53. The molecule has 0 aliphatic heterocycles. The topological polar surface area (TPSA) is 38.0 Å². The Morgan fingerprint density at radius 2 is 1.86 bits per heavy atom. The zero-order valence-electron chi connectivity index (χ0n) is 10.5. The van der Waals surface area contributed by atoms with Gasteiger partial charge in [0, 0.05) is 15.7 Å². The van der Waals surface area contributed by atoms with Gasteiger partial charge in [-0.1, -0.05) is 18.3 Å². The molecule has 0 spiro atoms. The van der Waals surface area contributed by atoms with Gasteiger partial charge >= 0.3 is 6.18 Å². The molecule has 2 nitrogen and oxygen atoms in total. The van der Waals surface area contributed by atoms with Gasteiger partial charge in [0.15, 0.2) is 0 Å². The van der Waals surface area contributed by atoms with Crippen molar-refractivity contribution in [1.29, 1.82) is 0 Å². The van der Waals surface area contributed by atoms with Crippen LogP contribution in [-0.2, 0) is 6.18 Å². The van der Waals surface area contributed by atoms with E-state index in [9.17, 15) is 13.2 Å². The van der Waals surface area contributed by atoms with E-state index in [2.05, 4.69) is 21.2 Å². The van der Waals surface area contributed by atoms with E-state index in [-0.39, 0.29) is 4.99 Å². The minimum Gasteiger partial charge on any atom is -0.389 e. The summed E-state index contributed by atoms with van der Waals surface area (Å²) >= 11 is 8.20. The summed E-state index contributed by atoms with van der Waals surface area (Å²) in [6.45, 7) is 0. The number of benzene rings is 2. The van der Waals surface area contributed by atoms with Gasteiger partial charge in [0.2, 0.25) is 0 Å². The van der Waals surface area contributed by atoms with E-state index >= 15 is 0 Å². The fraction of sp³-hybridized carbons (Fsp3) is 0.0714. The molecular weight excluding hydrogens is 365 g/mol. The highest BCUT2D eigenvalue weighted by molar-refractivity contribution is 9.10. The molecule has 0 aliphatic rings. The van der Waals surface area contributed by atoms with E-state index in [1.807, 2.05) is 0 Å². The third-order valence-electron chi connectivity index (χ3n) is 2.72. The number of nitrogens with one attached hydrogen (secondary N) is 1. The van der Waals surface area contributed by atoms with Crippen molar-refractivity contribution in [2.24, 2.45) is 5.73 Å². The second-order valence-electron chi connectivity index (χ2n) is 4.26. The Morgan fingerprint density at radius 1 is 1.14 bits per heavy atom. The van der Waals surface area contributed by atoms with E-state index < -0.39 is 11.7 Å². The lowest BCUT2D eigenvalue weighted by Gasteiger charge is -2.12. The number of thiocarbonyl (C=S) groups is 1. The minimum atomic E-state index is -4.37. The van der Waals surface area contributed by atoms with E-state index in [4.69, 9.17) is 18.0 Å². The van der Waals surface area contributed by atoms with Crippen LogP contribution in [0.15, 0.2) is 46.9 Å². The molecular formula is C14H10BrF3N2S. The van der Waals surface area contributed by atoms with Gasteiger partial charge in [0.1, 0.15) is 4.99 Å². The second kappa shape index (κ2) is 6.03. The normalized spacial score (nSPS) is 11.2. The Labute approximate surface area is 133 Å². The van der Waals surface area contributed by atoms with E-state index in [0.717, 1.165) is 12.1 Å². The molecule has 0 radical (unpaired) electrons. The van der Waals surface area contributed by atoms with Gasteiger partial charge < -0.3 is 11.1 Å². The molecule has 3 N–H and O–H groups in total. The van der Waals surface area contributed by atoms with Crippen molar-refractivity contribution < 1.29 is 13.2 Å². The van der Waals surface area contributed by atoms with Crippen LogP contribution in [0, 0.1) is 0 Å². The summed E-state index contributed by atoms with van der Waals surface area (Å²) in [6, 6.07) is 10.1. The summed E-state index contributed by atoms with van der Waals surface area (Å²) < 4.78 is 38.6. The first-order valence-electron chi connectivity index (χ1n) is 5.81. The van der Waals surface area contributed by atoms with Crippen LogP contribution in [0.3, 0.4) is 0 Å². The molecule has 0 atom stereocenters. The summed E-state index contributed by atoms with van der Waals surface area (Å²) in [5.41, 5.74) is 6.45. The smallest absolute Gasteiger partial charge is 0.389 e. The van der Waals surface area contributed by atoms with Gasteiger partial charge in [-0.3, -0.25) is 0 Å². The molecule has 21 heavy (non-hydrogen) atoms. The van der Waals surface area contributed by atoms with Crippen LogP contribution in [-0.4, -0.2) is 4.99 Å². The fourth-order valence-electron chi connectivity index (χ4n) is 1.70. The number of anilines is 2. The highest BCUT2D eigenvalue weighted by Gasteiger charge is 2.30. The standard InChI is InChI=1S/C14H10BrF3N2S/c15-11-6-8(13(19)21)4-5-12(11)20-10-3-1-2-9(7-10)14(16,17)18/h1-7,20H,(H2,19,21). The summed E-state index contributed by atoms with van der Waals surface area (Å²) in [4.78, 5) is 0.251. The highest BCUT2D eigenvalue weighted by atomic mass is 79.9. The number of hydrogen-bond donors (Lipinski definition) is 2. The maximum atomic E-state index is 12.7. The molecule has 2 aromatic rings. The molecule has 2 rings (SSSR count). The Morgan fingerprint density at radius 3 is 2.43 bits per heavy atom. The molecule has 0 aliphatic carbocycles. The van der Waals surface area contributed by atoms with Crippen LogP contribution in [0.1, 0.15) is 11.1 Å². The minimum absolute atomic E-state index is 0.251. The highest BCUT2D eigenvalue weighted by Crippen LogP contribution is 2.32. The number of nitrogens with two attached hydrogens (primary N) is 1. The van der Waals surface area contributed by atoms with Gasteiger partial charge in [0.05, 0.1) is 11.3 Å². The van der Waals surface area contributed by atoms with E-state index in [1.54, 1.807) is 24.3 Å². The van der Waals surface area contributed by atoms with Crippen molar-refractivity contribution in [3.8, 4) is 0 Å². The second-order valence-corrected chi connectivity index (χ2v) is 5.56. The van der Waals surface area contributed by atoms with E-state index in [0.29, 0.717) is 21.4 Å². The lowest BCUT2D eigenvalue weighted by molar-refractivity contribution is -0.137. The van der Waals surface area contributed by atoms with Crippen molar-refractivity contribution in [2.75, 3.05) is 5.32 Å². The fourth-order valence-corrected chi connectivity index (χ4v) is 2.30. The maximum Gasteiger partial charge on any atom is 0.416 e. The first kappa shape index (κ1) is 15.8. The molecule has 0 saturated heterocycles. The molecule has 110 valence electrons. The molecule has 7 heteroatoms. The average Bonchev–Trinajstić information content (AvgIpc) is 2.40. The lowest BCUT2D eigenvalue weighted by atomic mass is 10.1. The summed E-state index contributed by atoms with van der Waals surface area (Å²) in [5.74, 6) is 0.